The molecular formula is C8H15ClO2. The molecule has 0 N–H and O–H groups in total. The minimum atomic E-state index is -0.227. The summed E-state index contributed by atoms with van der Waals surface area (Å²) in [5.41, 5.74) is 0.0665. The summed E-state index contributed by atoms with van der Waals surface area (Å²) in [6, 6.07) is 0. The molecule has 0 aliphatic heterocycles. The van der Waals surface area contributed by atoms with E-state index in [4.69, 9.17) is 16.3 Å². The van der Waals surface area contributed by atoms with Gasteiger partial charge in [-0.3, -0.25) is 4.79 Å². The molecule has 0 aromatic carbocycles. The van der Waals surface area contributed by atoms with Crippen molar-refractivity contribution in [1.82, 2.24) is 0 Å². The minimum Gasteiger partial charge on any atom is -0.466 e. The molecule has 0 amide bonds. The van der Waals surface area contributed by atoms with E-state index in [-0.39, 0.29) is 11.4 Å². The van der Waals surface area contributed by atoms with Crippen LogP contribution in [0.4, 0.5) is 0 Å². The molecule has 11 heavy (non-hydrogen) atoms. The summed E-state index contributed by atoms with van der Waals surface area (Å²) in [5.74, 6) is 0.365. The topological polar surface area (TPSA) is 26.3 Å². The van der Waals surface area contributed by atoms with Gasteiger partial charge in [0, 0.05) is 12.8 Å². The van der Waals surface area contributed by atoms with Crippen LogP contribution in [0.15, 0.2) is 0 Å². The molecule has 0 aromatic heterocycles. The lowest BCUT2D eigenvalue weighted by atomic mass is 9.93. The second kappa shape index (κ2) is 4.60. The Hall–Kier alpha value is -0.240. The Morgan fingerprint density at radius 1 is 1.55 bits per heavy atom. The van der Waals surface area contributed by atoms with Crippen LogP contribution in [0, 0.1) is 5.41 Å². The van der Waals surface area contributed by atoms with Crippen LogP contribution in [0.3, 0.4) is 0 Å². The van der Waals surface area contributed by atoms with Crippen LogP contribution in [-0.4, -0.2) is 18.5 Å². The first-order valence-corrected chi connectivity index (χ1v) is 4.21. The lowest BCUT2D eigenvalue weighted by Gasteiger charge is -2.20. The Labute approximate surface area is 72.9 Å². The molecule has 0 saturated carbocycles. The molecule has 0 heterocycles. The smallest absolute Gasteiger partial charge is 0.302 e. The van der Waals surface area contributed by atoms with E-state index in [1.165, 1.54) is 6.92 Å². The molecule has 0 bridgehead atoms. The monoisotopic (exact) mass is 178 g/mol. The van der Waals surface area contributed by atoms with E-state index in [9.17, 15) is 4.79 Å². The number of esters is 1. The molecule has 0 radical (unpaired) electrons. The van der Waals surface area contributed by atoms with Gasteiger partial charge in [-0.2, -0.15) is 0 Å². The van der Waals surface area contributed by atoms with Gasteiger partial charge in [-0.15, -0.1) is 11.6 Å². The molecule has 0 fully saturated rings. The average molecular weight is 179 g/mol. The highest BCUT2D eigenvalue weighted by molar-refractivity contribution is 6.18. The molecule has 3 heteroatoms. The van der Waals surface area contributed by atoms with Crippen LogP contribution in [0.2, 0.25) is 0 Å². The number of rotatable bonds is 4. The van der Waals surface area contributed by atoms with Crippen molar-refractivity contribution in [3.05, 3.63) is 0 Å². The number of alkyl halides is 1. The van der Waals surface area contributed by atoms with Gasteiger partial charge in [-0.05, 0) is 11.8 Å². The van der Waals surface area contributed by atoms with E-state index in [1.54, 1.807) is 0 Å². The lowest BCUT2D eigenvalue weighted by molar-refractivity contribution is -0.141. The fourth-order valence-electron chi connectivity index (χ4n) is 0.538. The third kappa shape index (κ3) is 6.17. The van der Waals surface area contributed by atoms with Crippen molar-refractivity contribution in [1.29, 1.82) is 0 Å². The van der Waals surface area contributed by atoms with Crippen molar-refractivity contribution in [3.63, 3.8) is 0 Å². The molecule has 0 rings (SSSR count). The van der Waals surface area contributed by atoms with Crippen molar-refractivity contribution in [2.75, 3.05) is 12.5 Å². The predicted octanol–water partition coefficient (Wildman–Crippen LogP) is 2.20. The first-order valence-electron chi connectivity index (χ1n) is 3.67. The Balaban J connectivity index is 3.45. The van der Waals surface area contributed by atoms with Gasteiger partial charge < -0.3 is 4.74 Å². The van der Waals surface area contributed by atoms with Gasteiger partial charge in [0.25, 0.3) is 0 Å². The number of carbonyl (C=O) groups is 1. The molecule has 0 aromatic rings. The van der Waals surface area contributed by atoms with E-state index in [0.29, 0.717) is 12.5 Å². The fourth-order valence-corrected chi connectivity index (χ4v) is 0.671. The first-order chi connectivity index (χ1) is 4.98. The quantitative estimate of drug-likeness (QED) is 0.488. The molecule has 0 atom stereocenters. The van der Waals surface area contributed by atoms with E-state index in [2.05, 4.69) is 0 Å². The summed E-state index contributed by atoms with van der Waals surface area (Å²) in [6.45, 7) is 5.97. The summed E-state index contributed by atoms with van der Waals surface area (Å²) < 4.78 is 4.78. The number of ether oxygens (including phenoxy) is 1. The molecule has 0 saturated heterocycles. The molecule has 0 spiro atoms. The van der Waals surface area contributed by atoms with E-state index < -0.39 is 0 Å². The van der Waals surface area contributed by atoms with Crippen LogP contribution in [-0.2, 0) is 9.53 Å². The zero-order valence-corrected chi connectivity index (χ0v) is 8.07. The Kier molecular flexibility index (Phi) is 4.50. The highest BCUT2D eigenvalue weighted by Gasteiger charge is 2.16. The third-order valence-corrected chi connectivity index (χ3v) is 2.17. The SMILES string of the molecule is CC(=O)OCCC(C)(C)CCl. The summed E-state index contributed by atoms with van der Waals surface area (Å²) >= 11 is 5.67. The lowest BCUT2D eigenvalue weighted by Crippen LogP contribution is -2.17. The second-order valence-electron chi connectivity index (χ2n) is 3.39. The van der Waals surface area contributed by atoms with Crippen molar-refractivity contribution in [2.45, 2.75) is 27.2 Å². The van der Waals surface area contributed by atoms with Crippen molar-refractivity contribution < 1.29 is 9.53 Å². The van der Waals surface area contributed by atoms with Gasteiger partial charge in [-0.1, -0.05) is 13.8 Å². The molecular weight excluding hydrogens is 164 g/mol. The first kappa shape index (κ1) is 10.8. The Bertz CT molecular complexity index is 132. The van der Waals surface area contributed by atoms with Crippen LogP contribution in [0.25, 0.3) is 0 Å². The van der Waals surface area contributed by atoms with Gasteiger partial charge in [0.1, 0.15) is 0 Å². The van der Waals surface area contributed by atoms with Gasteiger partial charge >= 0.3 is 5.97 Å². The zero-order chi connectivity index (χ0) is 8.91. The number of hydrogen-bond acceptors (Lipinski definition) is 2. The van der Waals surface area contributed by atoms with E-state index in [0.717, 1.165) is 6.42 Å². The normalized spacial score (nSPS) is 11.3. The highest BCUT2D eigenvalue weighted by atomic mass is 35.5. The zero-order valence-electron chi connectivity index (χ0n) is 7.32. The average Bonchev–Trinajstić information content (AvgIpc) is 1.87. The van der Waals surface area contributed by atoms with Gasteiger partial charge in [-0.25, -0.2) is 0 Å². The number of hydrogen-bond donors (Lipinski definition) is 0. The number of halogens is 1. The van der Waals surface area contributed by atoms with Gasteiger partial charge in [0.2, 0.25) is 0 Å². The summed E-state index contributed by atoms with van der Waals surface area (Å²) in [6.07, 6.45) is 0.816. The van der Waals surface area contributed by atoms with Crippen molar-refractivity contribution >= 4 is 17.6 Å². The van der Waals surface area contributed by atoms with Crippen molar-refractivity contribution in [3.8, 4) is 0 Å². The Morgan fingerprint density at radius 3 is 2.45 bits per heavy atom. The van der Waals surface area contributed by atoms with Gasteiger partial charge in [0.05, 0.1) is 6.61 Å². The molecule has 0 aliphatic rings. The van der Waals surface area contributed by atoms with Crippen LogP contribution >= 0.6 is 11.6 Å². The van der Waals surface area contributed by atoms with Crippen LogP contribution < -0.4 is 0 Å². The van der Waals surface area contributed by atoms with Gasteiger partial charge in [0.15, 0.2) is 0 Å². The maximum absolute atomic E-state index is 10.4. The summed E-state index contributed by atoms with van der Waals surface area (Å²) in [4.78, 5) is 10.4. The van der Waals surface area contributed by atoms with Crippen LogP contribution in [0.1, 0.15) is 27.2 Å². The van der Waals surface area contributed by atoms with Crippen LogP contribution in [0.5, 0.6) is 0 Å². The minimum absolute atomic E-state index is 0.0665. The maximum Gasteiger partial charge on any atom is 0.302 e. The number of carbonyl (C=O) groups excluding carboxylic acids is 1. The summed E-state index contributed by atoms with van der Waals surface area (Å²) in [5, 5.41) is 0. The standard InChI is InChI=1S/C8H15ClO2/c1-7(10)11-5-4-8(2,3)6-9/h4-6H2,1-3H3. The van der Waals surface area contributed by atoms with E-state index in [1.807, 2.05) is 13.8 Å². The molecule has 0 unspecified atom stereocenters. The van der Waals surface area contributed by atoms with Crippen molar-refractivity contribution in [2.24, 2.45) is 5.41 Å². The summed E-state index contributed by atoms with van der Waals surface area (Å²) in [7, 11) is 0. The fraction of sp³-hybridized carbons (Fsp3) is 0.875. The van der Waals surface area contributed by atoms with E-state index >= 15 is 0 Å². The highest BCUT2D eigenvalue weighted by Crippen LogP contribution is 2.21. The molecule has 66 valence electrons. The molecule has 0 aliphatic carbocycles. The molecule has 2 nitrogen and oxygen atoms in total. The third-order valence-electron chi connectivity index (χ3n) is 1.45. The Morgan fingerprint density at radius 2 is 2.09 bits per heavy atom. The maximum atomic E-state index is 10.4. The second-order valence-corrected chi connectivity index (χ2v) is 3.66. The largest absolute Gasteiger partial charge is 0.466 e. The predicted molar refractivity (Wildman–Crippen MR) is 45.8 cm³/mol.